The molecule has 4 N–H and O–H groups in total. The first-order valence-electron chi connectivity index (χ1n) is 6.34. The molecule has 6 heteroatoms. The smallest absolute Gasteiger partial charge is 0.233 e. The van der Waals surface area contributed by atoms with Crippen molar-refractivity contribution >= 4 is 11.7 Å². The molecule has 1 fully saturated rings. The van der Waals surface area contributed by atoms with Gasteiger partial charge < -0.3 is 21.0 Å². The molecule has 0 aromatic carbocycles. The van der Waals surface area contributed by atoms with Crippen molar-refractivity contribution in [2.24, 2.45) is 16.3 Å². The van der Waals surface area contributed by atoms with Crippen molar-refractivity contribution in [2.75, 3.05) is 6.61 Å². The molecule has 1 aliphatic heterocycles. The Bertz CT molecular complexity index is 333. The molecule has 1 aliphatic rings. The van der Waals surface area contributed by atoms with Crippen molar-refractivity contribution in [2.45, 2.75) is 52.2 Å². The molecule has 1 saturated heterocycles. The van der Waals surface area contributed by atoms with Crippen LogP contribution in [0.1, 0.15) is 40.0 Å². The van der Waals surface area contributed by atoms with E-state index in [0.717, 1.165) is 12.8 Å². The molecule has 104 valence electrons. The number of nitrogens with zero attached hydrogens (tertiary/aromatic N) is 1. The molecule has 1 rings (SSSR count). The quantitative estimate of drug-likeness (QED) is 0.301. The highest BCUT2D eigenvalue weighted by atomic mass is 16.5. The second-order valence-corrected chi connectivity index (χ2v) is 5.05. The first-order valence-corrected chi connectivity index (χ1v) is 6.34. The van der Waals surface area contributed by atoms with Gasteiger partial charge in [0.25, 0.3) is 0 Å². The molecular formula is C12H23N3O3. The lowest BCUT2D eigenvalue weighted by atomic mass is 9.84. The van der Waals surface area contributed by atoms with Crippen LogP contribution >= 0.6 is 0 Å². The molecule has 0 bridgehead atoms. The lowest BCUT2D eigenvalue weighted by Crippen LogP contribution is -2.52. The Kier molecular flexibility index (Phi) is 4.95. The monoisotopic (exact) mass is 257 g/mol. The molecule has 6 nitrogen and oxygen atoms in total. The maximum atomic E-state index is 12.2. The predicted octanol–water partition coefficient (Wildman–Crippen LogP) is 0.833. The van der Waals surface area contributed by atoms with Gasteiger partial charge in [-0.05, 0) is 33.1 Å². The number of amidine groups is 1. The summed E-state index contributed by atoms with van der Waals surface area (Å²) in [7, 11) is 0. The van der Waals surface area contributed by atoms with Gasteiger partial charge in [0.1, 0.15) is 5.41 Å². The zero-order chi connectivity index (χ0) is 13.8. The first-order chi connectivity index (χ1) is 8.43. The van der Waals surface area contributed by atoms with Crippen LogP contribution in [0, 0.1) is 5.41 Å². The maximum Gasteiger partial charge on any atom is 0.233 e. The number of hydrogen-bond donors (Lipinski definition) is 3. The number of hydrogen-bond acceptors (Lipinski definition) is 4. The Morgan fingerprint density at radius 2 is 2.33 bits per heavy atom. The zero-order valence-corrected chi connectivity index (χ0v) is 11.3. The highest BCUT2D eigenvalue weighted by Gasteiger charge is 2.37. The number of amides is 1. The summed E-state index contributed by atoms with van der Waals surface area (Å²) in [5.41, 5.74) is 4.65. The lowest BCUT2D eigenvalue weighted by Gasteiger charge is -2.32. The summed E-state index contributed by atoms with van der Waals surface area (Å²) in [5.74, 6) is -0.248. The SMILES string of the molecule is CCC(C)(C(=O)NC1CCOC(C)C1)C(N)=NO. The fourth-order valence-corrected chi connectivity index (χ4v) is 2.04. The summed E-state index contributed by atoms with van der Waals surface area (Å²) in [4.78, 5) is 12.2. The van der Waals surface area contributed by atoms with Crippen molar-refractivity contribution in [3.63, 3.8) is 0 Å². The zero-order valence-electron chi connectivity index (χ0n) is 11.3. The van der Waals surface area contributed by atoms with E-state index in [2.05, 4.69) is 10.5 Å². The van der Waals surface area contributed by atoms with Crippen molar-refractivity contribution in [1.82, 2.24) is 5.32 Å². The summed E-state index contributed by atoms with van der Waals surface area (Å²) in [5, 5.41) is 14.7. The van der Waals surface area contributed by atoms with E-state index in [1.807, 2.05) is 13.8 Å². The third-order valence-corrected chi connectivity index (χ3v) is 3.70. The second kappa shape index (κ2) is 6.04. The van der Waals surface area contributed by atoms with E-state index in [1.54, 1.807) is 6.92 Å². The van der Waals surface area contributed by atoms with E-state index in [4.69, 9.17) is 15.7 Å². The minimum atomic E-state index is -0.962. The minimum Gasteiger partial charge on any atom is -0.409 e. The molecule has 0 radical (unpaired) electrons. The van der Waals surface area contributed by atoms with E-state index in [0.29, 0.717) is 13.0 Å². The van der Waals surface area contributed by atoms with Gasteiger partial charge >= 0.3 is 0 Å². The third-order valence-electron chi connectivity index (χ3n) is 3.70. The average molecular weight is 257 g/mol. The average Bonchev–Trinajstić information content (AvgIpc) is 2.36. The van der Waals surface area contributed by atoms with Gasteiger partial charge in [-0.2, -0.15) is 0 Å². The summed E-state index contributed by atoms with van der Waals surface area (Å²) < 4.78 is 5.43. The number of nitrogens with one attached hydrogen (secondary N) is 1. The van der Waals surface area contributed by atoms with Crippen LogP contribution in [0.4, 0.5) is 0 Å². The van der Waals surface area contributed by atoms with Crippen LogP contribution < -0.4 is 11.1 Å². The van der Waals surface area contributed by atoms with Gasteiger partial charge in [0.15, 0.2) is 5.84 Å². The van der Waals surface area contributed by atoms with Gasteiger partial charge in [0.2, 0.25) is 5.91 Å². The Hall–Kier alpha value is -1.30. The standard InChI is InChI=1S/C12H23N3O3/c1-4-12(3,10(13)15-17)11(16)14-9-5-6-18-8(2)7-9/h8-9,17H,4-7H2,1-3H3,(H2,13,15)(H,14,16). The first kappa shape index (κ1) is 14.8. The van der Waals surface area contributed by atoms with Crippen LogP contribution in [0.25, 0.3) is 0 Å². The number of carbonyl (C=O) groups is 1. The van der Waals surface area contributed by atoms with Crippen molar-refractivity contribution in [3.05, 3.63) is 0 Å². The summed E-state index contributed by atoms with van der Waals surface area (Å²) in [6.07, 6.45) is 2.22. The Labute approximate surface area is 108 Å². The molecule has 18 heavy (non-hydrogen) atoms. The van der Waals surface area contributed by atoms with Crippen molar-refractivity contribution < 1.29 is 14.7 Å². The fraction of sp³-hybridized carbons (Fsp3) is 0.833. The van der Waals surface area contributed by atoms with Gasteiger partial charge in [-0.1, -0.05) is 12.1 Å². The van der Waals surface area contributed by atoms with Gasteiger partial charge in [0, 0.05) is 12.6 Å². The van der Waals surface area contributed by atoms with Crippen LogP contribution in [0.5, 0.6) is 0 Å². The topological polar surface area (TPSA) is 96.9 Å². The molecule has 1 amide bonds. The molecule has 0 spiro atoms. The van der Waals surface area contributed by atoms with Crippen molar-refractivity contribution in [1.29, 1.82) is 0 Å². The van der Waals surface area contributed by atoms with E-state index in [9.17, 15) is 4.79 Å². The van der Waals surface area contributed by atoms with Crippen LogP contribution in [0.2, 0.25) is 0 Å². The number of rotatable bonds is 4. The molecule has 3 atom stereocenters. The normalized spacial score (nSPS) is 28.5. The van der Waals surface area contributed by atoms with Gasteiger partial charge in [-0.25, -0.2) is 0 Å². The van der Waals surface area contributed by atoms with Crippen LogP contribution in [0.3, 0.4) is 0 Å². The maximum absolute atomic E-state index is 12.2. The van der Waals surface area contributed by atoms with Gasteiger partial charge in [-0.15, -0.1) is 0 Å². The fourth-order valence-electron chi connectivity index (χ4n) is 2.04. The highest BCUT2D eigenvalue weighted by molar-refractivity contribution is 6.06. The Balaban J connectivity index is 2.68. The van der Waals surface area contributed by atoms with Crippen molar-refractivity contribution in [3.8, 4) is 0 Å². The number of ether oxygens (including phenoxy) is 1. The molecular weight excluding hydrogens is 234 g/mol. The Morgan fingerprint density at radius 1 is 1.67 bits per heavy atom. The highest BCUT2D eigenvalue weighted by Crippen LogP contribution is 2.23. The molecule has 0 aromatic heterocycles. The summed E-state index contributed by atoms with van der Waals surface area (Å²) >= 11 is 0. The molecule has 0 saturated carbocycles. The third kappa shape index (κ3) is 3.13. The molecule has 1 heterocycles. The number of nitrogens with two attached hydrogens (primary N) is 1. The van der Waals surface area contributed by atoms with Crippen LogP contribution in [-0.4, -0.2) is 35.7 Å². The van der Waals surface area contributed by atoms with E-state index in [-0.39, 0.29) is 23.9 Å². The minimum absolute atomic E-state index is 0.0531. The lowest BCUT2D eigenvalue weighted by molar-refractivity contribution is -0.128. The number of carbonyl (C=O) groups excluding carboxylic acids is 1. The molecule has 0 aliphatic carbocycles. The van der Waals surface area contributed by atoms with E-state index < -0.39 is 5.41 Å². The van der Waals surface area contributed by atoms with E-state index in [1.165, 1.54) is 0 Å². The predicted molar refractivity (Wildman–Crippen MR) is 68.4 cm³/mol. The second-order valence-electron chi connectivity index (χ2n) is 5.05. The van der Waals surface area contributed by atoms with Crippen LogP contribution in [-0.2, 0) is 9.53 Å². The van der Waals surface area contributed by atoms with Gasteiger partial charge in [0.05, 0.1) is 6.10 Å². The largest absolute Gasteiger partial charge is 0.409 e. The molecule has 3 unspecified atom stereocenters. The van der Waals surface area contributed by atoms with E-state index >= 15 is 0 Å². The number of oxime groups is 1. The summed E-state index contributed by atoms with van der Waals surface area (Å²) in [6, 6.07) is 0.0959. The summed E-state index contributed by atoms with van der Waals surface area (Å²) in [6.45, 7) is 6.16. The van der Waals surface area contributed by atoms with Crippen LogP contribution in [0.15, 0.2) is 5.16 Å². The molecule has 0 aromatic rings. The van der Waals surface area contributed by atoms with Gasteiger partial charge in [-0.3, -0.25) is 4.79 Å². The Morgan fingerprint density at radius 3 is 2.83 bits per heavy atom.